The fourth-order valence-electron chi connectivity index (χ4n) is 2.84. The highest BCUT2D eigenvalue weighted by Crippen LogP contribution is 2.27. The van der Waals surface area contributed by atoms with Crippen LogP contribution in [0.3, 0.4) is 0 Å². The molecule has 8 heteroatoms. The van der Waals surface area contributed by atoms with Gasteiger partial charge in [0.2, 0.25) is 10.0 Å². The molecule has 0 aliphatic carbocycles. The summed E-state index contributed by atoms with van der Waals surface area (Å²) in [5.41, 5.74) is 0. The lowest BCUT2D eigenvalue weighted by molar-refractivity contribution is 0.296. The Hall–Kier alpha value is -0.920. The summed E-state index contributed by atoms with van der Waals surface area (Å²) in [6.07, 6.45) is 5.02. The van der Waals surface area contributed by atoms with E-state index in [4.69, 9.17) is 0 Å². The molecule has 1 fully saturated rings. The van der Waals surface area contributed by atoms with Gasteiger partial charge in [0, 0.05) is 36.3 Å². The Morgan fingerprint density at radius 2 is 1.87 bits per heavy atom. The molecule has 0 radical (unpaired) electrons. The minimum atomic E-state index is -3.49. The molecule has 0 unspecified atom stereocenters. The lowest BCUT2D eigenvalue weighted by Gasteiger charge is -2.31. The van der Waals surface area contributed by atoms with Gasteiger partial charge in [-0.2, -0.15) is 4.31 Å². The molecule has 0 bridgehead atoms. The Morgan fingerprint density at radius 3 is 2.57 bits per heavy atom. The molecule has 1 aliphatic rings. The molecule has 23 heavy (non-hydrogen) atoms. The number of nitrogens with one attached hydrogen (secondary N) is 1. The summed E-state index contributed by atoms with van der Waals surface area (Å²) in [5, 5.41) is 4.84. The number of sulfonamides is 1. The molecule has 1 aliphatic heterocycles. The molecule has 2 heterocycles. The van der Waals surface area contributed by atoms with E-state index in [2.05, 4.69) is 10.3 Å². The molecule has 5 nitrogen and oxygen atoms in total. The Balaban J connectivity index is 0.00000132. The quantitative estimate of drug-likeness (QED) is 0.891. The first kappa shape index (κ1) is 20.1. The first-order valence-electron chi connectivity index (χ1n) is 7.12. The van der Waals surface area contributed by atoms with Crippen molar-refractivity contribution in [1.82, 2.24) is 14.6 Å². The van der Waals surface area contributed by atoms with Gasteiger partial charge in [-0.05, 0) is 38.1 Å². The van der Waals surface area contributed by atoms with Gasteiger partial charge >= 0.3 is 0 Å². The van der Waals surface area contributed by atoms with Crippen LogP contribution in [-0.4, -0.2) is 43.9 Å². The third kappa shape index (κ3) is 3.95. The van der Waals surface area contributed by atoms with Crippen LogP contribution in [-0.2, 0) is 10.0 Å². The highest BCUT2D eigenvalue weighted by Gasteiger charge is 2.29. The largest absolute Gasteiger partial charge is 0.317 e. The van der Waals surface area contributed by atoms with Crippen molar-refractivity contribution in [2.75, 3.05) is 20.1 Å². The van der Waals surface area contributed by atoms with Crippen LogP contribution in [0.25, 0.3) is 10.8 Å². The van der Waals surface area contributed by atoms with Crippen molar-refractivity contribution in [3.63, 3.8) is 0 Å². The molecule has 1 aromatic heterocycles. The van der Waals surface area contributed by atoms with Gasteiger partial charge in [-0.15, -0.1) is 24.8 Å². The fraction of sp³-hybridized carbons (Fsp3) is 0.400. The summed E-state index contributed by atoms with van der Waals surface area (Å²) in [6, 6.07) is 7.15. The van der Waals surface area contributed by atoms with E-state index in [0.29, 0.717) is 4.90 Å². The number of hydrogen-bond donors (Lipinski definition) is 1. The second kappa shape index (κ2) is 8.26. The Kier molecular flexibility index (Phi) is 7.23. The van der Waals surface area contributed by atoms with Crippen molar-refractivity contribution in [1.29, 1.82) is 0 Å². The lowest BCUT2D eigenvalue weighted by Crippen LogP contribution is -2.43. The zero-order valence-electron chi connectivity index (χ0n) is 12.8. The lowest BCUT2D eigenvalue weighted by atomic mass is 10.1. The van der Waals surface area contributed by atoms with Crippen molar-refractivity contribution >= 4 is 45.6 Å². The summed E-state index contributed by atoms with van der Waals surface area (Å²) in [6.45, 7) is 1.73. The third-order valence-electron chi connectivity index (χ3n) is 4.12. The summed E-state index contributed by atoms with van der Waals surface area (Å²) < 4.78 is 27.4. The van der Waals surface area contributed by atoms with E-state index in [1.807, 2.05) is 6.07 Å². The molecule has 0 spiro atoms. The minimum absolute atomic E-state index is 0. The molecular weight excluding hydrogens is 357 g/mol. The van der Waals surface area contributed by atoms with E-state index < -0.39 is 10.0 Å². The summed E-state index contributed by atoms with van der Waals surface area (Å²) in [7, 11) is -1.80. The monoisotopic (exact) mass is 377 g/mol. The van der Waals surface area contributed by atoms with E-state index in [0.717, 1.165) is 36.7 Å². The molecule has 1 aromatic carbocycles. The molecule has 0 atom stereocenters. The number of halogens is 2. The van der Waals surface area contributed by atoms with Crippen molar-refractivity contribution in [2.24, 2.45) is 0 Å². The predicted molar refractivity (Wildman–Crippen MR) is 97.1 cm³/mol. The number of pyridine rings is 1. The second-order valence-corrected chi connectivity index (χ2v) is 7.32. The number of hydrogen-bond acceptors (Lipinski definition) is 4. The van der Waals surface area contributed by atoms with E-state index in [1.54, 1.807) is 37.6 Å². The first-order chi connectivity index (χ1) is 10.1. The number of benzene rings is 1. The molecule has 2 aromatic rings. The number of piperidine rings is 1. The zero-order chi connectivity index (χ0) is 14.9. The molecule has 128 valence electrons. The van der Waals surface area contributed by atoms with Crippen molar-refractivity contribution in [2.45, 2.75) is 23.8 Å². The van der Waals surface area contributed by atoms with E-state index in [9.17, 15) is 8.42 Å². The van der Waals surface area contributed by atoms with E-state index in [1.165, 1.54) is 4.31 Å². The average molecular weight is 378 g/mol. The maximum atomic E-state index is 12.9. The normalized spacial score (nSPS) is 15.9. The molecule has 1 saturated heterocycles. The summed E-state index contributed by atoms with van der Waals surface area (Å²) in [4.78, 5) is 4.42. The Morgan fingerprint density at radius 1 is 1.17 bits per heavy atom. The van der Waals surface area contributed by atoms with Crippen LogP contribution in [0.2, 0.25) is 0 Å². The van der Waals surface area contributed by atoms with Crippen LogP contribution in [0.4, 0.5) is 0 Å². The van der Waals surface area contributed by atoms with Crippen molar-refractivity contribution in [3.05, 3.63) is 36.7 Å². The van der Waals surface area contributed by atoms with Gasteiger partial charge in [-0.3, -0.25) is 4.98 Å². The van der Waals surface area contributed by atoms with Gasteiger partial charge in [0.25, 0.3) is 0 Å². The maximum absolute atomic E-state index is 12.9. The topological polar surface area (TPSA) is 62.3 Å². The number of rotatable bonds is 3. The second-order valence-electron chi connectivity index (χ2n) is 5.36. The van der Waals surface area contributed by atoms with Gasteiger partial charge in [-0.25, -0.2) is 8.42 Å². The third-order valence-corrected chi connectivity index (χ3v) is 6.09. The van der Waals surface area contributed by atoms with Crippen LogP contribution in [0.1, 0.15) is 12.8 Å². The highest BCUT2D eigenvalue weighted by atomic mass is 35.5. The number of aromatic nitrogens is 1. The van der Waals surface area contributed by atoms with Gasteiger partial charge < -0.3 is 5.32 Å². The van der Waals surface area contributed by atoms with Crippen LogP contribution >= 0.6 is 24.8 Å². The van der Waals surface area contributed by atoms with E-state index >= 15 is 0 Å². The van der Waals surface area contributed by atoms with Crippen molar-refractivity contribution in [3.8, 4) is 0 Å². The molecule has 1 N–H and O–H groups in total. The number of nitrogens with zero attached hydrogens (tertiary/aromatic N) is 2. The number of fused-ring (bicyclic) bond motifs is 1. The van der Waals surface area contributed by atoms with Crippen LogP contribution < -0.4 is 5.32 Å². The van der Waals surface area contributed by atoms with E-state index in [-0.39, 0.29) is 30.9 Å². The van der Waals surface area contributed by atoms with Crippen LogP contribution in [0.15, 0.2) is 41.6 Å². The van der Waals surface area contributed by atoms with Gasteiger partial charge in [-0.1, -0.05) is 12.1 Å². The van der Waals surface area contributed by atoms with Crippen LogP contribution in [0, 0.1) is 0 Å². The fourth-order valence-corrected chi connectivity index (χ4v) is 4.47. The zero-order valence-corrected chi connectivity index (χ0v) is 15.3. The molecular formula is C15H21Cl2N3O2S. The van der Waals surface area contributed by atoms with Crippen LogP contribution in [0.5, 0.6) is 0 Å². The Labute approximate surface area is 149 Å². The van der Waals surface area contributed by atoms with Crippen molar-refractivity contribution < 1.29 is 8.42 Å². The van der Waals surface area contributed by atoms with Gasteiger partial charge in [0.1, 0.15) is 0 Å². The summed E-state index contributed by atoms with van der Waals surface area (Å²) in [5.74, 6) is 0. The van der Waals surface area contributed by atoms with Gasteiger partial charge in [0.15, 0.2) is 0 Å². The molecule has 3 rings (SSSR count). The molecule has 0 amide bonds. The maximum Gasteiger partial charge on any atom is 0.243 e. The first-order valence-corrected chi connectivity index (χ1v) is 8.56. The Bertz CT molecular complexity index is 744. The minimum Gasteiger partial charge on any atom is -0.317 e. The highest BCUT2D eigenvalue weighted by molar-refractivity contribution is 7.89. The van der Waals surface area contributed by atoms with Gasteiger partial charge in [0.05, 0.1) is 4.90 Å². The SMILES string of the molecule is CN(C1CCNCC1)S(=O)(=O)c1cccc2cnccc12.Cl.Cl. The average Bonchev–Trinajstić information content (AvgIpc) is 2.54. The predicted octanol–water partition coefficient (Wildman–Crippen LogP) is 2.45. The summed E-state index contributed by atoms with van der Waals surface area (Å²) >= 11 is 0. The molecule has 0 saturated carbocycles. The standard InChI is InChI=1S/C15H19N3O2S.2ClH/c1-18(13-5-8-16-9-6-13)21(19,20)15-4-2-3-12-11-17-10-7-14(12)15;;/h2-4,7,10-11,13,16H,5-6,8-9H2,1H3;2*1H. The smallest absolute Gasteiger partial charge is 0.243 e.